The SMILES string of the molecule is CC1CCN(c2ccc(C(F)(F)F)cc2C#N)C(C)C1. The van der Waals surface area contributed by atoms with E-state index in [4.69, 9.17) is 5.26 Å². The van der Waals surface area contributed by atoms with Crippen molar-refractivity contribution in [3.63, 3.8) is 0 Å². The van der Waals surface area contributed by atoms with E-state index in [1.165, 1.54) is 6.07 Å². The first-order valence-corrected chi connectivity index (χ1v) is 6.71. The molecule has 2 rings (SSSR count). The van der Waals surface area contributed by atoms with E-state index in [2.05, 4.69) is 13.8 Å². The fourth-order valence-electron chi connectivity index (χ4n) is 2.82. The van der Waals surface area contributed by atoms with Crippen LogP contribution < -0.4 is 4.90 Å². The van der Waals surface area contributed by atoms with Crippen LogP contribution in [0.25, 0.3) is 0 Å². The Labute approximate surface area is 116 Å². The fourth-order valence-corrected chi connectivity index (χ4v) is 2.82. The average Bonchev–Trinajstić information content (AvgIpc) is 2.37. The van der Waals surface area contributed by atoms with Gasteiger partial charge >= 0.3 is 6.18 Å². The standard InChI is InChI=1S/C15H17F3N2/c1-10-5-6-20(11(2)7-10)14-4-3-13(15(16,17)18)8-12(14)9-19/h3-4,8,10-11H,5-7H2,1-2H3. The average molecular weight is 282 g/mol. The van der Waals surface area contributed by atoms with Crippen molar-refractivity contribution in [3.8, 4) is 6.07 Å². The molecule has 2 atom stereocenters. The quantitative estimate of drug-likeness (QED) is 0.771. The second-order valence-corrected chi connectivity index (χ2v) is 5.51. The fraction of sp³-hybridized carbons (Fsp3) is 0.533. The number of halogens is 3. The summed E-state index contributed by atoms with van der Waals surface area (Å²) in [6.07, 6.45) is -2.42. The minimum atomic E-state index is -4.41. The summed E-state index contributed by atoms with van der Waals surface area (Å²) in [4.78, 5) is 2.04. The summed E-state index contributed by atoms with van der Waals surface area (Å²) in [6.45, 7) is 5.00. The zero-order valence-corrected chi connectivity index (χ0v) is 11.5. The van der Waals surface area contributed by atoms with Gasteiger partial charge in [-0.3, -0.25) is 0 Å². The maximum atomic E-state index is 12.7. The van der Waals surface area contributed by atoms with Gasteiger partial charge in [0.15, 0.2) is 0 Å². The molecular weight excluding hydrogens is 265 g/mol. The molecule has 0 aliphatic carbocycles. The first-order chi connectivity index (χ1) is 9.32. The van der Waals surface area contributed by atoms with Crippen molar-refractivity contribution in [3.05, 3.63) is 29.3 Å². The molecular formula is C15H17F3N2. The summed E-state index contributed by atoms with van der Waals surface area (Å²) >= 11 is 0. The highest BCUT2D eigenvalue weighted by Gasteiger charge is 2.32. The third-order valence-corrected chi connectivity index (χ3v) is 3.89. The smallest absolute Gasteiger partial charge is 0.368 e. The lowest BCUT2D eigenvalue weighted by Crippen LogP contribution is -2.40. The number of nitrogens with zero attached hydrogens (tertiary/aromatic N) is 2. The maximum absolute atomic E-state index is 12.7. The molecule has 1 heterocycles. The van der Waals surface area contributed by atoms with Crippen LogP contribution in [0.15, 0.2) is 18.2 Å². The van der Waals surface area contributed by atoms with E-state index < -0.39 is 11.7 Å². The summed E-state index contributed by atoms with van der Waals surface area (Å²) in [7, 11) is 0. The molecule has 0 amide bonds. The molecule has 2 unspecified atom stereocenters. The topological polar surface area (TPSA) is 27.0 Å². The molecule has 0 radical (unpaired) electrons. The molecule has 1 aliphatic rings. The number of hydrogen-bond donors (Lipinski definition) is 0. The first-order valence-electron chi connectivity index (χ1n) is 6.71. The van der Waals surface area contributed by atoms with Crippen molar-refractivity contribution in [2.75, 3.05) is 11.4 Å². The molecule has 0 saturated carbocycles. The zero-order chi connectivity index (χ0) is 14.9. The van der Waals surface area contributed by atoms with E-state index in [9.17, 15) is 13.2 Å². The van der Waals surface area contributed by atoms with Gasteiger partial charge in [-0.15, -0.1) is 0 Å². The lowest BCUT2D eigenvalue weighted by atomic mass is 9.92. The predicted octanol–water partition coefficient (Wildman–Crippen LogP) is 4.20. The van der Waals surface area contributed by atoms with Crippen LogP contribution >= 0.6 is 0 Å². The summed E-state index contributed by atoms with van der Waals surface area (Å²) in [5.74, 6) is 0.612. The Morgan fingerprint density at radius 3 is 2.55 bits per heavy atom. The van der Waals surface area contributed by atoms with Gasteiger partial charge in [-0.2, -0.15) is 18.4 Å². The molecule has 5 heteroatoms. The van der Waals surface area contributed by atoms with Crippen LogP contribution in [-0.4, -0.2) is 12.6 Å². The van der Waals surface area contributed by atoms with Gasteiger partial charge in [-0.1, -0.05) is 6.92 Å². The number of nitriles is 1. The molecule has 0 bridgehead atoms. The predicted molar refractivity (Wildman–Crippen MR) is 71.4 cm³/mol. The van der Waals surface area contributed by atoms with Gasteiger partial charge < -0.3 is 4.90 Å². The Hall–Kier alpha value is -1.70. The zero-order valence-electron chi connectivity index (χ0n) is 11.5. The van der Waals surface area contributed by atoms with Crippen LogP contribution in [0.4, 0.5) is 18.9 Å². The van der Waals surface area contributed by atoms with E-state index in [1.807, 2.05) is 11.0 Å². The number of rotatable bonds is 1. The number of piperidine rings is 1. The van der Waals surface area contributed by atoms with Crippen LogP contribution in [-0.2, 0) is 6.18 Å². The summed E-state index contributed by atoms with van der Waals surface area (Å²) in [5.41, 5.74) is -0.0584. The highest BCUT2D eigenvalue weighted by atomic mass is 19.4. The lowest BCUT2D eigenvalue weighted by molar-refractivity contribution is -0.137. The molecule has 1 fully saturated rings. The Bertz CT molecular complexity index is 531. The second-order valence-electron chi connectivity index (χ2n) is 5.51. The van der Waals surface area contributed by atoms with Gasteiger partial charge in [-0.25, -0.2) is 0 Å². The second kappa shape index (κ2) is 5.35. The Kier molecular flexibility index (Phi) is 3.94. The third-order valence-electron chi connectivity index (χ3n) is 3.89. The van der Waals surface area contributed by atoms with Crippen molar-refractivity contribution < 1.29 is 13.2 Å². The van der Waals surface area contributed by atoms with Gasteiger partial charge in [0, 0.05) is 12.6 Å². The van der Waals surface area contributed by atoms with Crippen molar-refractivity contribution in [2.45, 2.75) is 38.9 Å². The van der Waals surface area contributed by atoms with Crippen molar-refractivity contribution >= 4 is 5.69 Å². The molecule has 2 nitrogen and oxygen atoms in total. The van der Waals surface area contributed by atoms with E-state index in [-0.39, 0.29) is 11.6 Å². The Balaban J connectivity index is 2.36. The minimum Gasteiger partial charge on any atom is -0.368 e. The maximum Gasteiger partial charge on any atom is 0.416 e. The molecule has 108 valence electrons. The minimum absolute atomic E-state index is 0.0984. The van der Waals surface area contributed by atoms with Crippen molar-refractivity contribution in [2.24, 2.45) is 5.92 Å². The summed E-state index contributed by atoms with van der Waals surface area (Å²) < 4.78 is 38.0. The lowest BCUT2D eigenvalue weighted by Gasteiger charge is -2.38. The summed E-state index contributed by atoms with van der Waals surface area (Å²) in [6, 6.07) is 5.56. The largest absolute Gasteiger partial charge is 0.416 e. The molecule has 1 aliphatic heterocycles. The van der Waals surface area contributed by atoms with E-state index >= 15 is 0 Å². The van der Waals surface area contributed by atoms with Crippen LogP contribution in [0.2, 0.25) is 0 Å². The number of benzene rings is 1. The van der Waals surface area contributed by atoms with Crippen LogP contribution in [0, 0.1) is 17.2 Å². The third kappa shape index (κ3) is 2.90. The Morgan fingerprint density at radius 1 is 1.30 bits per heavy atom. The van der Waals surface area contributed by atoms with Gasteiger partial charge in [0.25, 0.3) is 0 Å². The molecule has 0 aromatic heterocycles. The van der Waals surface area contributed by atoms with Crippen LogP contribution in [0.3, 0.4) is 0 Å². The molecule has 20 heavy (non-hydrogen) atoms. The van der Waals surface area contributed by atoms with Gasteiger partial charge in [0.05, 0.1) is 16.8 Å². The highest BCUT2D eigenvalue weighted by Crippen LogP contribution is 2.35. The van der Waals surface area contributed by atoms with Gasteiger partial charge in [0.1, 0.15) is 6.07 Å². The van der Waals surface area contributed by atoms with Crippen molar-refractivity contribution in [1.82, 2.24) is 0 Å². The monoisotopic (exact) mass is 282 g/mol. The van der Waals surface area contributed by atoms with Gasteiger partial charge in [-0.05, 0) is 43.9 Å². The van der Waals surface area contributed by atoms with E-state index in [1.54, 1.807) is 0 Å². The molecule has 0 spiro atoms. The van der Waals surface area contributed by atoms with Gasteiger partial charge in [0.2, 0.25) is 0 Å². The van der Waals surface area contributed by atoms with Crippen LogP contribution in [0.5, 0.6) is 0 Å². The number of alkyl halides is 3. The number of hydrogen-bond acceptors (Lipinski definition) is 2. The first kappa shape index (κ1) is 14.7. The highest BCUT2D eigenvalue weighted by molar-refractivity contribution is 5.61. The molecule has 1 saturated heterocycles. The number of anilines is 1. The summed E-state index contributed by atoms with van der Waals surface area (Å²) in [5, 5.41) is 9.13. The molecule has 1 aromatic carbocycles. The van der Waals surface area contributed by atoms with E-state index in [0.29, 0.717) is 11.6 Å². The van der Waals surface area contributed by atoms with Crippen LogP contribution in [0.1, 0.15) is 37.8 Å². The van der Waals surface area contributed by atoms with E-state index in [0.717, 1.165) is 31.5 Å². The molecule has 0 N–H and O–H groups in total. The normalized spacial score (nSPS) is 23.5. The van der Waals surface area contributed by atoms with Crippen molar-refractivity contribution in [1.29, 1.82) is 5.26 Å². The molecule has 1 aromatic rings. The Morgan fingerprint density at radius 2 is 2.00 bits per heavy atom.